The Labute approximate surface area is 89.7 Å². The van der Waals surface area contributed by atoms with Crippen LogP contribution in [-0.2, 0) is 0 Å². The smallest absolute Gasteiger partial charge is 0.0135 e. The Kier molecular flexibility index (Phi) is 4.45. The van der Waals surface area contributed by atoms with Crippen molar-refractivity contribution < 1.29 is 0 Å². The summed E-state index contributed by atoms with van der Waals surface area (Å²) in [6, 6.07) is 0. The van der Waals surface area contributed by atoms with Gasteiger partial charge in [-0.2, -0.15) is 0 Å². The van der Waals surface area contributed by atoms with Crippen molar-refractivity contribution in [3.05, 3.63) is 32.4 Å². The second kappa shape index (κ2) is 5.14. The summed E-state index contributed by atoms with van der Waals surface area (Å²) >= 11 is 5.83. The largest absolute Gasteiger partial charge is 0.0711 e. The van der Waals surface area contributed by atoms with E-state index in [9.17, 15) is 0 Å². The van der Waals surface area contributed by atoms with E-state index >= 15 is 0 Å². The Bertz CT molecular complexity index is 192. The topological polar surface area (TPSA) is 0 Å². The fourth-order valence-corrected chi connectivity index (χ4v) is 1.75. The van der Waals surface area contributed by atoms with Gasteiger partial charge in [0.15, 0.2) is 0 Å². The monoisotopic (exact) mass is 324 g/mol. The molecule has 0 N–H and O–H groups in total. The molecule has 2 heteroatoms. The van der Waals surface area contributed by atoms with E-state index in [0.29, 0.717) is 0 Å². The minimum absolute atomic E-state index is 1.17. The summed E-state index contributed by atoms with van der Waals surface area (Å²) in [5, 5.41) is 0. The fourth-order valence-electron chi connectivity index (χ4n) is 0.893. The van der Waals surface area contributed by atoms with Crippen LogP contribution in [0.25, 0.3) is 0 Å². The molecule has 0 aromatic heterocycles. The van der Waals surface area contributed by atoms with Gasteiger partial charge in [-0.25, -0.2) is 0 Å². The van der Waals surface area contributed by atoms with E-state index in [4.69, 9.17) is 0 Å². The van der Waals surface area contributed by atoms with Crippen LogP contribution in [0.15, 0.2) is 32.4 Å². The molecule has 1 rings (SSSR count). The molecule has 0 aromatic rings. The lowest BCUT2D eigenvalue weighted by Crippen LogP contribution is -1.68. The Morgan fingerprint density at radius 1 is 1.18 bits per heavy atom. The molecule has 0 nitrogen and oxygen atoms in total. The standard InChI is InChI=1S/C9H10BrI/c10-8-4-2-1-3-5-9(11)7-6-8/h4-7H,1-3H2/b7-6-,8-4+,9-5-. The molecule has 11 heavy (non-hydrogen) atoms. The van der Waals surface area contributed by atoms with Crippen molar-refractivity contribution in [2.24, 2.45) is 0 Å². The number of hydrogen-bond donors (Lipinski definition) is 0. The molecular weight excluding hydrogens is 315 g/mol. The SMILES string of the molecule is BrC1=C/CCC/C=C(I)/C=C\1. The van der Waals surface area contributed by atoms with Crippen LogP contribution in [0, 0.1) is 0 Å². The first-order valence-corrected chi connectivity index (χ1v) is 5.55. The van der Waals surface area contributed by atoms with Crippen molar-refractivity contribution >= 4 is 38.5 Å². The summed E-state index contributed by atoms with van der Waals surface area (Å²) in [7, 11) is 0. The van der Waals surface area contributed by atoms with Gasteiger partial charge in [-0.05, 0) is 54.0 Å². The first-order valence-electron chi connectivity index (χ1n) is 3.68. The third-order valence-electron chi connectivity index (χ3n) is 1.49. The predicted molar refractivity (Wildman–Crippen MR) is 62.1 cm³/mol. The highest BCUT2D eigenvalue weighted by Crippen LogP contribution is 2.18. The summed E-state index contributed by atoms with van der Waals surface area (Å²) in [6.07, 6.45) is 12.3. The Hall–Kier alpha value is 0.430. The zero-order valence-corrected chi connectivity index (χ0v) is 9.93. The minimum atomic E-state index is 1.17. The van der Waals surface area contributed by atoms with Crippen molar-refractivity contribution in [2.45, 2.75) is 19.3 Å². The molecule has 0 unspecified atom stereocenters. The van der Waals surface area contributed by atoms with Crippen molar-refractivity contribution in [3.8, 4) is 0 Å². The molecule has 0 heterocycles. The van der Waals surface area contributed by atoms with Crippen molar-refractivity contribution in [1.82, 2.24) is 0 Å². The average molecular weight is 325 g/mol. The van der Waals surface area contributed by atoms with Crippen LogP contribution in [-0.4, -0.2) is 0 Å². The summed E-state index contributed by atoms with van der Waals surface area (Å²) in [5.74, 6) is 0. The maximum Gasteiger partial charge on any atom is 0.0135 e. The van der Waals surface area contributed by atoms with Gasteiger partial charge in [0.1, 0.15) is 0 Å². The molecule has 0 saturated heterocycles. The van der Waals surface area contributed by atoms with Crippen LogP contribution in [0.1, 0.15) is 19.3 Å². The van der Waals surface area contributed by atoms with Gasteiger partial charge in [0, 0.05) is 8.06 Å². The number of allylic oxidation sites excluding steroid dienone is 6. The lowest BCUT2D eigenvalue weighted by Gasteiger charge is -1.89. The second-order valence-electron chi connectivity index (χ2n) is 2.44. The van der Waals surface area contributed by atoms with Crippen LogP contribution >= 0.6 is 38.5 Å². The normalized spacial score (nSPS) is 31.8. The van der Waals surface area contributed by atoms with Crippen LogP contribution in [0.5, 0.6) is 0 Å². The first kappa shape index (κ1) is 9.52. The van der Waals surface area contributed by atoms with Gasteiger partial charge in [0.05, 0.1) is 0 Å². The highest BCUT2D eigenvalue weighted by atomic mass is 127. The zero-order chi connectivity index (χ0) is 8.10. The predicted octanol–water partition coefficient (Wildman–Crippen LogP) is 4.32. The Morgan fingerprint density at radius 2 is 1.91 bits per heavy atom. The molecule has 0 aromatic carbocycles. The van der Waals surface area contributed by atoms with Gasteiger partial charge >= 0.3 is 0 Å². The quantitative estimate of drug-likeness (QED) is 0.582. The molecule has 0 bridgehead atoms. The zero-order valence-electron chi connectivity index (χ0n) is 6.19. The number of hydrogen-bond acceptors (Lipinski definition) is 0. The van der Waals surface area contributed by atoms with Gasteiger partial charge in [0.2, 0.25) is 0 Å². The van der Waals surface area contributed by atoms with E-state index < -0.39 is 0 Å². The third kappa shape index (κ3) is 4.11. The number of rotatable bonds is 0. The van der Waals surface area contributed by atoms with E-state index in [1.807, 2.05) is 0 Å². The summed E-state index contributed by atoms with van der Waals surface area (Å²) in [5.41, 5.74) is 0. The molecule has 0 amide bonds. The molecule has 60 valence electrons. The highest BCUT2D eigenvalue weighted by molar-refractivity contribution is 14.1. The Balaban J connectivity index is 2.70. The van der Waals surface area contributed by atoms with Crippen LogP contribution in [0.2, 0.25) is 0 Å². The van der Waals surface area contributed by atoms with Gasteiger partial charge < -0.3 is 0 Å². The van der Waals surface area contributed by atoms with Crippen molar-refractivity contribution in [3.63, 3.8) is 0 Å². The lowest BCUT2D eigenvalue weighted by molar-refractivity contribution is 0.868. The number of halogens is 2. The van der Waals surface area contributed by atoms with Crippen LogP contribution < -0.4 is 0 Å². The maximum absolute atomic E-state index is 3.48. The van der Waals surface area contributed by atoms with Crippen molar-refractivity contribution in [1.29, 1.82) is 0 Å². The second-order valence-corrected chi connectivity index (χ2v) is 4.60. The summed E-state index contributed by atoms with van der Waals surface area (Å²) in [4.78, 5) is 0. The molecule has 0 saturated carbocycles. The van der Waals surface area contributed by atoms with Gasteiger partial charge in [-0.3, -0.25) is 0 Å². The van der Waals surface area contributed by atoms with E-state index in [0.717, 1.165) is 0 Å². The molecular formula is C9H10BrI. The molecule has 0 fully saturated rings. The average Bonchev–Trinajstić information content (AvgIpc) is 2.06. The van der Waals surface area contributed by atoms with Gasteiger partial charge in [0.25, 0.3) is 0 Å². The molecule has 0 radical (unpaired) electrons. The fraction of sp³-hybridized carbons (Fsp3) is 0.333. The summed E-state index contributed by atoms with van der Waals surface area (Å²) < 4.78 is 2.52. The Morgan fingerprint density at radius 3 is 2.73 bits per heavy atom. The third-order valence-corrected chi connectivity index (χ3v) is 2.88. The van der Waals surface area contributed by atoms with E-state index in [1.54, 1.807) is 0 Å². The molecule has 1 aliphatic carbocycles. The van der Waals surface area contributed by atoms with Crippen LogP contribution in [0.3, 0.4) is 0 Å². The molecule has 0 aliphatic heterocycles. The summed E-state index contributed by atoms with van der Waals surface area (Å²) in [6.45, 7) is 0. The molecule has 0 atom stereocenters. The van der Waals surface area contributed by atoms with Crippen LogP contribution in [0.4, 0.5) is 0 Å². The highest BCUT2D eigenvalue weighted by Gasteiger charge is 1.91. The molecule has 0 spiro atoms. The maximum atomic E-state index is 3.48. The van der Waals surface area contributed by atoms with E-state index in [-0.39, 0.29) is 0 Å². The van der Waals surface area contributed by atoms with Gasteiger partial charge in [-0.1, -0.05) is 28.1 Å². The van der Waals surface area contributed by atoms with E-state index in [2.05, 4.69) is 62.8 Å². The first-order chi connectivity index (χ1) is 5.29. The molecule has 1 aliphatic rings. The lowest BCUT2D eigenvalue weighted by atomic mass is 10.2. The minimum Gasteiger partial charge on any atom is -0.0711 e. The van der Waals surface area contributed by atoms with E-state index in [1.165, 1.54) is 27.3 Å². The van der Waals surface area contributed by atoms with Crippen molar-refractivity contribution in [2.75, 3.05) is 0 Å². The van der Waals surface area contributed by atoms with Gasteiger partial charge in [-0.15, -0.1) is 0 Å².